The minimum absolute atomic E-state index is 0.00407. The summed E-state index contributed by atoms with van der Waals surface area (Å²) in [6, 6.07) is 5.86. The van der Waals surface area contributed by atoms with Gasteiger partial charge in [-0.15, -0.1) is 0 Å². The average molecular weight is 202 g/mol. The Bertz CT molecular complexity index is 526. The predicted octanol–water partition coefficient (Wildman–Crippen LogP) is 1.63. The molecular formula is C12H14N2O. The maximum Gasteiger partial charge on any atom is 0.176 e. The zero-order chi connectivity index (χ0) is 11.0. The fourth-order valence-electron chi connectivity index (χ4n) is 2.00. The van der Waals surface area contributed by atoms with Gasteiger partial charge in [0.25, 0.3) is 0 Å². The molecule has 0 saturated carbocycles. The molecule has 0 aliphatic heterocycles. The average Bonchev–Trinajstić information content (AvgIpc) is 2.61. The summed E-state index contributed by atoms with van der Waals surface area (Å²) < 4.78 is 2.03. The number of carbonyl (C=O) groups is 1. The van der Waals surface area contributed by atoms with Gasteiger partial charge in [0, 0.05) is 18.8 Å². The molecule has 1 heterocycles. The lowest BCUT2D eigenvalue weighted by atomic mass is 10.0. The Morgan fingerprint density at radius 3 is 2.80 bits per heavy atom. The molecule has 0 fully saturated rings. The number of Topliss-reactive ketones (excluding diaryl/α,β-unsaturated/α-hetero) is 1. The van der Waals surface area contributed by atoms with Crippen LogP contribution in [0.25, 0.3) is 10.9 Å². The summed E-state index contributed by atoms with van der Waals surface area (Å²) in [6.45, 7) is 2.03. The largest absolute Gasteiger partial charge is 0.350 e. The first-order valence-electron chi connectivity index (χ1n) is 4.93. The number of aryl methyl sites for hydroxylation is 2. The third-order valence-corrected chi connectivity index (χ3v) is 2.78. The van der Waals surface area contributed by atoms with Crippen LogP contribution in [0.15, 0.2) is 24.4 Å². The van der Waals surface area contributed by atoms with Crippen molar-refractivity contribution in [1.82, 2.24) is 4.57 Å². The van der Waals surface area contributed by atoms with Crippen LogP contribution in [-0.4, -0.2) is 16.9 Å². The van der Waals surface area contributed by atoms with E-state index in [0.29, 0.717) is 0 Å². The van der Waals surface area contributed by atoms with Gasteiger partial charge >= 0.3 is 0 Å². The lowest BCUT2D eigenvalue weighted by Crippen LogP contribution is -2.15. The van der Waals surface area contributed by atoms with Crippen LogP contribution in [0.2, 0.25) is 0 Å². The standard InChI is InChI=1S/C12H14N2O/c1-8-10(11(15)7-13)4-3-9-5-6-14(2)12(8)9/h3-6H,7,13H2,1-2H3. The summed E-state index contributed by atoms with van der Waals surface area (Å²) in [7, 11) is 1.98. The third-order valence-electron chi connectivity index (χ3n) is 2.78. The number of rotatable bonds is 2. The summed E-state index contributed by atoms with van der Waals surface area (Å²) in [6.07, 6.45) is 1.99. The molecule has 0 spiro atoms. The molecule has 2 rings (SSSR count). The molecule has 15 heavy (non-hydrogen) atoms. The van der Waals surface area contributed by atoms with Gasteiger partial charge in [-0.1, -0.05) is 12.1 Å². The zero-order valence-electron chi connectivity index (χ0n) is 8.95. The van der Waals surface area contributed by atoms with E-state index in [1.54, 1.807) is 0 Å². The van der Waals surface area contributed by atoms with E-state index in [0.717, 1.165) is 22.0 Å². The van der Waals surface area contributed by atoms with Gasteiger partial charge in [-0.25, -0.2) is 0 Å². The SMILES string of the molecule is Cc1c(C(=O)CN)ccc2ccn(C)c12. The Labute approximate surface area is 88.5 Å². The maximum atomic E-state index is 11.6. The first-order valence-corrected chi connectivity index (χ1v) is 4.93. The molecule has 0 saturated heterocycles. The molecule has 3 heteroatoms. The number of nitrogens with two attached hydrogens (primary N) is 1. The highest BCUT2D eigenvalue weighted by atomic mass is 16.1. The molecule has 3 nitrogen and oxygen atoms in total. The molecule has 2 aromatic rings. The van der Waals surface area contributed by atoms with Crippen molar-refractivity contribution in [3.05, 3.63) is 35.5 Å². The highest BCUT2D eigenvalue weighted by Gasteiger charge is 2.11. The monoisotopic (exact) mass is 202 g/mol. The van der Waals surface area contributed by atoms with Crippen LogP contribution in [-0.2, 0) is 7.05 Å². The molecule has 0 amide bonds. The highest BCUT2D eigenvalue weighted by molar-refractivity contribution is 6.02. The Kier molecular flexibility index (Phi) is 2.32. The van der Waals surface area contributed by atoms with E-state index in [1.165, 1.54) is 0 Å². The fraction of sp³-hybridized carbons (Fsp3) is 0.250. The van der Waals surface area contributed by atoms with Crippen molar-refractivity contribution in [3.8, 4) is 0 Å². The molecule has 78 valence electrons. The van der Waals surface area contributed by atoms with E-state index in [9.17, 15) is 4.79 Å². The topological polar surface area (TPSA) is 48.0 Å². The predicted molar refractivity (Wildman–Crippen MR) is 61.0 cm³/mol. The summed E-state index contributed by atoms with van der Waals surface area (Å²) in [4.78, 5) is 11.6. The van der Waals surface area contributed by atoms with Crippen molar-refractivity contribution >= 4 is 16.7 Å². The van der Waals surface area contributed by atoms with E-state index < -0.39 is 0 Å². The Morgan fingerprint density at radius 2 is 2.13 bits per heavy atom. The minimum Gasteiger partial charge on any atom is -0.350 e. The van der Waals surface area contributed by atoms with Crippen LogP contribution in [0, 0.1) is 6.92 Å². The molecular weight excluding hydrogens is 188 g/mol. The van der Waals surface area contributed by atoms with E-state index >= 15 is 0 Å². The van der Waals surface area contributed by atoms with Crippen molar-refractivity contribution < 1.29 is 4.79 Å². The number of aromatic nitrogens is 1. The Hall–Kier alpha value is -1.61. The lowest BCUT2D eigenvalue weighted by Gasteiger charge is -2.06. The van der Waals surface area contributed by atoms with E-state index in [2.05, 4.69) is 0 Å². The fourth-order valence-corrected chi connectivity index (χ4v) is 2.00. The summed E-state index contributed by atoms with van der Waals surface area (Å²) >= 11 is 0. The van der Waals surface area contributed by atoms with E-state index in [4.69, 9.17) is 5.73 Å². The summed E-state index contributed by atoms with van der Waals surface area (Å²) in [5, 5.41) is 1.16. The van der Waals surface area contributed by atoms with Gasteiger partial charge in [0.15, 0.2) is 5.78 Å². The second-order valence-corrected chi connectivity index (χ2v) is 3.73. The first kappa shape index (κ1) is 9.93. The van der Waals surface area contributed by atoms with Gasteiger partial charge in [-0.2, -0.15) is 0 Å². The molecule has 0 bridgehead atoms. The highest BCUT2D eigenvalue weighted by Crippen LogP contribution is 2.22. The van der Waals surface area contributed by atoms with Crippen LogP contribution < -0.4 is 5.73 Å². The van der Waals surface area contributed by atoms with Gasteiger partial charge in [-0.3, -0.25) is 4.79 Å². The molecule has 0 atom stereocenters. The quantitative estimate of drug-likeness (QED) is 0.752. The molecule has 1 aromatic heterocycles. The second-order valence-electron chi connectivity index (χ2n) is 3.73. The number of hydrogen-bond acceptors (Lipinski definition) is 2. The Balaban J connectivity index is 2.74. The van der Waals surface area contributed by atoms with Gasteiger partial charge in [-0.05, 0) is 23.9 Å². The number of nitrogens with zero attached hydrogens (tertiary/aromatic N) is 1. The molecule has 1 aromatic carbocycles. The summed E-state index contributed by atoms with van der Waals surface area (Å²) in [5.41, 5.74) is 8.22. The van der Waals surface area contributed by atoms with Crippen LogP contribution in [0.3, 0.4) is 0 Å². The number of benzene rings is 1. The maximum absolute atomic E-state index is 11.6. The number of hydrogen-bond donors (Lipinski definition) is 1. The van der Waals surface area contributed by atoms with Crippen molar-refractivity contribution in [2.45, 2.75) is 6.92 Å². The smallest absolute Gasteiger partial charge is 0.176 e. The molecule has 2 N–H and O–H groups in total. The van der Waals surface area contributed by atoms with E-state index in [-0.39, 0.29) is 12.3 Å². The Morgan fingerprint density at radius 1 is 1.40 bits per heavy atom. The number of carbonyl (C=O) groups excluding carboxylic acids is 1. The van der Waals surface area contributed by atoms with Crippen molar-refractivity contribution in [3.63, 3.8) is 0 Å². The van der Waals surface area contributed by atoms with Gasteiger partial charge in [0.2, 0.25) is 0 Å². The zero-order valence-corrected chi connectivity index (χ0v) is 8.95. The van der Waals surface area contributed by atoms with E-state index in [1.807, 2.05) is 42.9 Å². The molecule has 0 aliphatic rings. The molecule has 0 aliphatic carbocycles. The van der Waals surface area contributed by atoms with Gasteiger partial charge in [0.05, 0.1) is 12.1 Å². The van der Waals surface area contributed by atoms with Crippen LogP contribution in [0.5, 0.6) is 0 Å². The van der Waals surface area contributed by atoms with Crippen molar-refractivity contribution in [2.24, 2.45) is 12.8 Å². The number of fused-ring (bicyclic) bond motifs is 1. The molecule has 0 unspecified atom stereocenters. The van der Waals surface area contributed by atoms with Crippen molar-refractivity contribution in [2.75, 3.05) is 6.54 Å². The normalized spacial score (nSPS) is 10.9. The molecule has 0 radical (unpaired) electrons. The van der Waals surface area contributed by atoms with Gasteiger partial charge in [0.1, 0.15) is 0 Å². The van der Waals surface area contributed by atoms with Crippen LogP contribution >= 0.6 is 0 Å². The van der Waals surface area contributed by atoms with Crippen LogP contribution in [0.1, 0.15) is 15.9 Å². The van der Waals surface area contributed by atoms with Crippen molar-refractivity contribution in [1.29, 1.82) is 0 Å². The second kappa shape index (κ2) is 3.51. The summed E-state index contributed by atoms with van der Waals surface area (Å²) in [5.74, 6) is -0.00407. The number of ketones is 1. The minimum atomic E-state index is -0.00407. The van der Waals surface area contributed by atoms with Crippen LogP contribution in [0.4, 0.5) is 0 Å². The first-order chi connectivity index (χ1) is 7.15. The lowest BCUT2D eigenvalue weighted by molar-refractivity contribution is 0.100. The van der Waals surface area contributed by atoms with Gasteiger partial charge < -0.3 is 10.3 Å². The third kappa shape index (κ3) is 1.45.